The van der Waals surface area contributed by atoms with Crippen molar-refractivity contribution in [2.45, 2.75) is 17.7 Å². The second-order valence-electron chi connectivity index (χ2n) is 10.5. The number of hydrogen-bond acceptors (Lipinski definition) is 10. The zero-order chi connectivity index (χ0) is 31.8. The molecule has 1 N–H and O–H groups in total. The van der Waals surface area contributed by atoms with Gasteiger partial charge in [-0.2, -0.15) is 4.98 Å². The molecule has 2 heterocycles. The first-order valence-electron chi connectivity index (χ1n) is 14.5. The third kappa shape index (κ3) is 7.95. The number of likely N-dealkylation sites (tertiary alicyclic amines) is 1. The molecule has 1 fully saturated rings. The summed E-state index contributed by atoms with van der Waals surface area (Å²) in [5, 5.41) is 2.97. The zero-order valence-corrected chi connectivity index (χ0v) is 26.5. The molecule has 0 saturated carbocycles. The van der Waals surface area contributed by atoms with Crippen molar-refractivity contribution in [3.63, 3.8) is 0 Å². The fraction of sp³-hybridized carbons (Fsp3) is 0.303. The number of carbonyl (C=O) groups excluding carboxylic acids is 1. The van der Waals surface area contributed by atoms with Gasteiger partial charge in [0.2, 0.25) is 11.8 Å². The molecule has 0 aliphatic carbocycles. The first-order valence-corrected chi connectivity index (χ1v) is 15.7. The highest BCUT2D eigenvalue weighted by Crippen LogP contribution is 2.40. The van der Waals surface area contributed by atoms with E-state index in [1.165, 1.54) is 42.1 Å². The minimum atomic E-state index is -0.721. The largest absolute Gasteiger partial charge is 0.497 e. The first-order chi connectivity index (χ1) is 21.9. The third-order valence-electron chi connectivity index (χ3n) is 7.34. The summed E-state index contributed by atoms with van der Waals surface area (Å²) in [6, 6.07) is 18.7. The number of benzene rings is 3. The first kappa shape index (κ1) is 31.9. The minimum Gasteiger partial charge on any atom is -0.497 e. The van der Waals surface area contributed by atoms with Gasteiger partial charge in [0.15, 0.2) is 11.6 Å². The molecular weight excluding hydrogens is 597 g/mol. The van der Waals surface area contributed by atoms with Gasteiger partial charge in [0.1, 0.15) is 11.5 Å². The van der Waals surface area contributed by atoms with Crippen LogP contribution in [0.5, 0.6) is 23.1 Å². The highest BCUT2D eigenvalue weighted by atomic mass is 32.2. The van der Waals surface area contributed by atoms with Crippen LogP contribution in [0.4, 0.5) is 32.2 Å². The number of ether oxygens (including phenoxy) is 4. The van der Waals surface area contributed by atoms with Crippen LogP contribution in [0.25, 0.3) is 0 Å². The second kappa shape index (κ2) is 15.0. The van der Waals surface area contributed by atoms with Crippen molar-refractivity contribution in [1.29, 1.82) is 0 Å². The number of carbonyl (C=O) groups is 1. The second-order valence-corrected chi connectivity index (χ2v) is 11.3. The third-order valence-corrected chi connectivity index (χ3v) is 8.13. The Labute approximate surface area is 266 Å². The maximum absolute atomic E-state index is 14.9. The molecule has 10 nitrogen and oxygen atoms in total. The average molecular weight is 634 g/mol. The molecule has 3 aromatic carbocycles. The summed E-state index contributed by atoms with van der Waals surface area (Å²) in [4.78, 5) is 26.9. The molecule has 1 aromatic heterocycles. The number of piperidine rings is 1. The molecule has 1 aliphatic heterocycles. The SMILES string of the molecule is COc1ccc(N(C(=O)Oc2ccnc(Nc3ccc(OCC4CCCN(C)C4)c(F)c3)n2)c2ccccc2SC)c(OC)c1. The van der Waals surface area contributed by atoms with Crippen LogP contribution >= 0.6 is 11.8 Å². The number of nitrogens with zero attached hydrogens (tertiary/aromatic N) is 4. The number of rotatable bonds is 11. The molecule has 1 unspecified atom stereocenters. The number of thioether (sulfide) groups is 1. The van der Waals surface area contributed by atoms with Gasteiger partial charge < -0.3 is 29.2 Å². The molecule has 5 rings (SSSR count). The Bertz CT molecular complexity index is 1630. The molecule has 4 aromatic rings. The smallest absolute Gasteiger partial charge is 0.425 e. The predicted molar refractivity (Wildman–Crippen MR) is 173 cm³/mol. The van der Waals surface area contributed by atoms with Crippen LogP contribution in [0, 0.1) is 11.7 Å². The minimum absolute atomic E-state index is 0.00511. The summed E-state index contributed by atoms with van der Waals surface area (Å²) in [5.41, 5.74) is 1.46. The van der Waals surface area contributed by atoms with Crippen molar-refractivity contribution < 1.29 is 28.1 Å². The Morgan fingerprint density at radius 1 is 1.07 bits per heavy atom. The lowest BCUT2D eigenvalue weighted by Crippen LogP contribution is -2.34. The Balaban J connectivity index is 1.33. The van der Waals surface area contributed by atoms with Gasteiger partial charge >= 0.3 is 6.09 Å². The maximum Gasteiger partial charge on any atom is 0.425 e. The van der Waals surface area contributed by atoms with E-state index >= 15 is 0 Å². The summed E-state index contributed by atoms with van der Waals surface area (Å²) in [5.74, 6) is 1.16. The number of nitrogens with one attached hydrogen (secondary N) is 1. The van der Waals surface area contributed by atoms with Crippen molar-refractivity contribution >= 4 is 40.9 Å². The van der Waals surface area contributed by atoms with Crippen molar-refractivity contribution in [1.82, 2.24) is 14.9 Å². The van der Waals surface area contributed by atoms with Gasteiger partial charge in [-0.3, -0.25) is 0 Å². The van der Waals surface area contributed by atoms with Crippen LogP contribution in [-0.2, 0) is 0 Å². The van der Waals surface area contributed by atoms with Crippen molar-refractivity contribution in [2.24, 2.45) is 5.92 Å². The highest BCUT2D eigenvalue weighted by molar-refractivity contribution is 7.98. The summed E-state index contributed by atoms with van der Waals surface area (Å²) < 4.78 is 37.4. The normalized spacial score (nSPS) is 14.8. The van der Waals surface area contributed by atoms with E-state index in [0.717, 1.165) is 30.8 Å². The zero-order valence-electron chi connectivity index (χ0n) is 25.7. The maximum atomic E-state index is 14.9. The molecule has 0 spiro atoms. The Hall–Kier alpha value is -4.55. The summed E-state index contributed by atoms with van der Waals surface area (Å²) in [7, 11) is 5.16. The number of anilines is 4. The predicted octanol–water partition coefficient (Wildman–Crippen LogP) is 7.16. The molecule has 1 amide bonds. The molecule has 0 radical (unpaired) electrons. The Kier molecular flexibility index (Phi) is 10.6. The van der Waals surface area contributed by atoms with Crippen molar-refractivity contribution in [2.75, 3.05) is 57.4 Å². The van der Waals surface area contributed by atoms with E-state index < -0.39 is 11.9 Å². The fourth-order valence-corrected chi connectivity index (χ4v) is 5.73. The molecule has 1 atom stereocenters. The lowest BCUT2D eigenvalue weighted by molar-refractivity contribution is 0.147. The highest BCUT2D eigenvalue weighted by Gasteiger charge is 2.27. The van der Waals surface area contributed by atoms with Crippen LogP contribution in [0.15, 0.2) is 77.8 Å². The molecule has 1 aliphatic rings. The van der Waals surface area contributed by atoms with E-state index in [4.69, 9.17) is 18.9 Å². The van der Waals surface area contributed by atoms with Crippen molar-refractivity contribution in [3.8, 4) is 23.1 Å². The standard InChI is InChI=1S/C33H36FN5O5S/c1-38-17-7-8-22(20-38)21-43-28-14-11-23(18-25(28)34)36-32-35-16-15-31(37-32)44-33(40)39(27-9-5-6-10-30(27)45-4)26-13-12-24(41-2)19-29(26)42-3/h5-6,9-16,18-19,22H,7-8,17,20-21H2,1-4H3,(H,35,36,37). The molecule has 12 heteroatoms. The van der Waals surface area contributed by atoms with E-state index in [2.05, 4.69) is 27.2 Å². The monoisotopic (exact) mass is 633 g/mol. The number of para-hydroxylation sites is 1. The van der Waals surface area contributed by atoms with Gasteiger partial charge in [-0.25, -0.2) is 19.1 Å². The van der Waals surface area contributed by atoms with Crippen LogP contribution < -0.4 is 29.2 Å². The Morgan fingerprint density at radius 2 is 1.91 bits per heavy atom. The van der Waals surface area contributed by atoms with Crippen LogP contribution in [-0.4, -0.2) is 68.2 Å². The summed E-state index contributed by atoms with van der Waals surface area (Å²) in [6.45, 7) is 2.48. The molecular formula is C33H36FN5O5S. The van der Waals surface area contributed by atoms with E-state index in [1.54, 1.807) is 37.4 Å². The summed E-state index contributed by atoms with van der Waals surface area (Å²) in [6.07, 6.45) is 4.83. The number of aromatic nitrogens is 2. The van der Waals surface area contributed by atoms with Gasteiger partial charge in [-0.15, -0.1) is 11.8 Å². The lowest BCUT2D eigenvalue weighted by atomic mass is 10.00. The molecule has 0 bridgehead atoms. The van der Waals surface area contributed by atoms with E-state index in [1.807, 2.05) is 30.5 Å². The van der Waals surface area contributed by atoms with Gasteiger partial charge in [-0.1, -0.05) is 12.1 Å². The van der Waals surface area contributed by atoms with Crippen LogP contribution in [0.3, 0.4) is 0 Å². The number of methoxy groups -OCH3 is 2. The van der Waals surface area contributed by atoms with Gasteiger partial charge in [-0.05, 0) is 69.1 Å². The summed E-state index contributed by atoms with van der Waals surface area (Å²) >= 11 is 1.49. The van der Waals surface area contributed by atoms with Gasteiger partial charge in [0.25, 0.3) is 0 Å². The molecule has 1 saturated heterocycles. The van der Waals surface area contributed by atoms with E-state index in [-0.39, 0.29) is 17.6 Å². The lowest BCUT2D eigenvalue weighted by Gasteiger charge is -2.29. The average Bonchev–Trinajstić information content (AvgIpc) is 3.05. The van der Waals surface area contributed by atoms with Gasteiger partial charge in [0.05, 0.1) is 32.2 Å². The van der Waals surface area contributed by atoms with Gasteiger partial charge in [0, 0.05) is 47.4 Å². The quantitative estimate of drug-likeness (QED) is 0.171. The number of hydrogen-bond donors (Lipinski definition) is 1. The number of halogens is 1. The fourth-order valence-electron chi connectivity index (χ4n) is 5.15. The molecule has 236 valence electrons. The van der Waals surface area contributed by atoms with Crippen molar-refractivity contribution in [3.05, 3.63) is 78.7 Å². The molecule has 45 heavy (non-hydrogen) atoms. The topological polar surface area (TPSA) is 98.3 Å². The van der Waals surface area contributed by atoms with Crippen LogP contribution in [0.1, 0.15) is 12.8 Å². The van der Waals surface area contributed by atoms with Crippen LogP contribution in [0.2, 0.25) is 0 Å². The number of amides is 1. The van der Waals surface area contributed by atoms with E-state index in [9.17, 15) is 9.18 Å². The van der Waals surface area contributed by atoms with E-state index in [0.29, 0.717) is 41.1 Å². The Morgan fingerprint density at radius 3 is 2.67 bits per heavy atom.